The van der Waals surface area contributed by atoms with E-state index in [1.54, 1.807) is 0 Å². The molecule has 0 spiro atoms. The van der Waals surface area contributed by atoms with Gasteiger partial charge in [0.2, 0.25) is 5.91 Å². The number of imidazole rings is 1. The number of para-hydroxylation sites is 2. The zero-order valence-electron chi connectivity index (χ0n) is 17.4. The highest BCUT2D eigenvalue weighted by atomic mass is 79.9. The molecule has 0 unspecified atom stereocenters. The maximum absolute atomic E-state index is 12.2. The fraction of sp³-hybridized carbons (Fsp3) is 0.231. The zero-order valence-corrected chi connectivity index (χ0v) is 19.0. The van der Waals surface area contributed by atoms with Crippen LogP contribution in [0.2, 0.25) is 0 Å². The molecule has 1 amide bonds. The quantitative estimate of drug-likeness (QED) is 0.323. The number of fused-ring (bicyclic) bond motifs is 1. The fourth-order valence-electron chi connectivity index (χ4n) is 3.78. The standard InChI is InChI=1S/C26H26BrN3O/c27-22-11-6-10-21(18-22)19-30-24-13-5-4-12-23(24)29-25(30)14-7-17-28-26(31)16-15-20-8-2-1-3-9-20/h1-6,8-13,18H,7,14-17,19H2,(H,28,31). The molecule has 3 aromatic carbocycles. The smallest absolute Gasteiger partial charge is 0.220 e. The Morgan fingerprint density at radius 2 is 1.68 bits per heavy atom. The second kappa shape index (κ2) is 10.4. The number of carbonyl (C=O) groups excluding carboxylic acids is 1. The number of nitrogens with zero attached hydrogens (tertiary/aromatic N) is 2. The van der Waals surface area contributed by atoms with E-state index in [2.05, 4.69) is 74.3 Å². The predicted octanol–water partition coefficient (Wildman–Crippen LogP) is 5.53. The first-order valence-corrected chi connectivity index (χ1v) is 11.5. The number of nitrogens with one attached hydrogen (secondary N) is 1. The van der Waals surface area contributed by atoms with E-state index in [1.165, 1.54) is 11.1 Å². The summed E-state index contributed by atoms with van der Waals surface area (Å²) < 4.78 is 3.36. The second-order valence-electron chi connectivity index (χ2n) is 7.67. The molecule has 1 N–H and O–H groups in total. The van der Waals surface area contributed by atoms with Gasteiger partial charge in [-0.3, -0.25) is 4.79 Å². The zero-order chi connectivity index (χ0) is 21.5. The third kappa shape index (κ3) is 5.82. The Hall–Kier alpha value is -2.92. The monoisotopic (exact) mass is 475 g/mol. The lowest BCUT2D eigenvalue weighted by atomic mass is 10.1. The molecule has 158 valence electrons. The normalized spacial score (nSPS) is 11.0. The van der Waals surface area contributed by atoms with Crippen LogP contribution in [0.15, 0.2) is 83.3 Å². The van der Waals surface area contributed by atoms with Crippen molar-refractivity contribution in [1.82, 2.24) is 14.9 Å². The molecule has 4 rings (SSSR count). The van der Waals surface area contributed by atoms with Gasteiger partial charge < -0.3 is 9.88 Å². The molecule has 4 nitrogen and oxygen atoms in total. The molecule has 0 aliphatic heterocycles. The van der Waals surface area contributed by atoms with Crippen molar-refractivity contribution in [1.29, 1.82) is 0 Å². The minimum atomic E-state index is 0.103. The van der Waals surface area contributed by atoms with Gasteiger partial charge in [0.15, 0.2) is 0 Å². The second-order valence-corrected chi connectivity index (χ2v) is 8.59. The highest BCUT2D eigenvalue weighted by Gasteiger charge is 2.11. The minimum Gasteiger partial charge on any atom is -0.356 e. The van der Waals surface area contributed by atoms with E-state index < -0.39 is 0 Å². The van der Waals surface area contributed by atoms with E-state index in [0.29, 0.717) is 13.0 Å². The maximum atomic E-state index is 12.2. The number of hydrogen-bond donors (Lipinski definition) is 1. The summed E-state index contributed by atoms with van der Waals surface area (Å²) in [5.74, 6) is 1.16. The van der Waals surface area contributed by atoms with E-state index in [9.17, 15) is 4.79 Å². The molecular formula is C26H26BrN3O. The summed E-state index contributed by atoms with van der Waals surface area (Å²) in [6.07, 6.45) is 2.97. The van der Waals surface area contributed by atoms with Crippen LogP contribution in [0.4, 0.5) is 0 Å². The number of hydrogen-bond acceptors (Lipinski definition) is 2. The molecule has 0 saturated heterocycles. The van der Waals surface area contributed by atoms with Crippen molar-refractivity contribution in [3.05, 3.63) is 100 Å². The van der Waals surface area contributed by atoms with Gasteiger partial charge in [-0.25, -0.2) is 4.98 Å². The summed E-state index contributed by atoms with van der Waals surface area (Å²) in [4.78, 5) is 17.0. The van der Waals surface area contributed by atoms with Crippen LogP contribution in [0.1, 0.15) is 29.8 Å². The summed E-state index contributed by atoms with van der Waals surface area (Å²) in [5, 5.41) is 3.05. The van der Waals surface area contributed by atoms with E-state index in [0.717, 1.165) is 47.1 Å². The number of benzene rings is 3. The van der Waals surface area contributed by atoms with Gasteiger partial charge in [-0.05, 0) is 48.2 Å². The van der Waals surface area contributed by atoms with Crippen LogP contribution in [0, 0.1) is 0 Å². The lowest BCUT2D eigenvalue weighted by Crippen LogP contribution is -2.25. The Kier molecular flexibility index (Phi) is 7.15. The van der Waals surface area contributed by atoms with Crippen LogP contribution in [0.3, 0.4) is 0 Å². The van der Waals surface area contributed by atoms with Gasteiger partial charge in [-0.15, -0.1) is 0 Å². The summed E-state index contributed by atoms with van der Waals surface area (Å²) in [6, 6.07) is 26.8. The van der Waals surface area contributed by atoms with Crippen LogP contribution in [-0.4, -0.2) is 22.0 Å². The largest absolute Gasteiger partial charge is 0.356 e. The van der Waals surface area contributed by atoms with E-state index in [-0.39, 0.29) is 5.91 Å². The van der Waals surface area contributed by atoms with Gasteiger partial charge in [0.05, 0.1) is 11.0 Å². The summed E-state index contributed by atoms with van der Waals surface area (Å²) >= 11 is 3.56. The Morgan fingerprint density at radius 3 is 2.52 bits per heavy atom. The molecule has 1 heterocycles. The van der Waals surface area contributed by atoms with Crippen molar-refractivity contribution in [2.24, 2.45) is 0 Å². The van der Waals surface area contributed by atoms with Crippen molar-refractivity contribution in [2.75, 3.05) is 6.54 Å². The number of halogens is 1. The van der Waals surface area contributed by atoms with Gasteiger partial charge in [-0.2, -0.15) is 0 Å². The molecule has 0 radical (unpaired) electrons. The van der Waals surface area contributed by atoms with E-state index >= 15 is 0 Å². The summed E-state index contributed by atoms with van der Waals surface area (Å²) in [6.45, 7) is 1.44. The number of aromatic nitrogens is 2. The van der Waals surface area contributed by atoms with Crippen LogP contribution in [0.25, 0.3) is 11.0 Å². The summed E-state index contributed by atoms with van der Waals surface area (Å²) in [7, 11) is 0. The molecule has 1 aromatic heterocycles. The molecule has 0 aliphatic rings. The number of rotatable bonds is 9. The topological polar surface area (TPSA) is 46.9 Å². The summed E-state index contributed by atoms with van der Waals surface area (Å²) in [5.41, 5.74) is 4.58. The lowest BCUT2D eigenvalue weighted by molar-refractivity contribution is -0.121. The Morgan fingerprint density at radius 1 is 0.903 bits per heavy atom. The first-order chi connectivity index (χ1) is 15.2. The molecule has 4 aromatic rings. The van der Waals surface area contributed by atoms with E-state index in [1.807, 2.05) is 30.3 Å². The van der Waals surface area contributed by atoms with Gasteiger partial charge in [0.25, 0.3) is 0 Å². The van der Waals surface area contributed by atoms with Gasteiger partial charge >= 0.3 is 0 Å². The van der Waals surface area contributed by atoms with Gasteiger partial charge in [-0.1, -0.05) is 70.5 Å². The first-order valence-electron chi connectivity index (χ1n) is 10.7. The number of carbonyl (C=O) groups is 1. The highest BCUT2D eigenvalue weighted by Crippen LogP contribution is 2.20. The average molecular weight is 476 g/mol. The van der Waals surface area contributed by atoms with Crippen molar-refractivity contribution >= 4 is 32.9 Å². The Balaban J connectivity index is 1.35. The molecule has 0 atom stereocenters. The first kappa shape index (κ1) is 21.3. The third-order valence-electron chi connectivity index (χ3n) is 5.35. The van der Waals surface area contributed by atoms with Crippen molar-refractivity contribution in [3.8, 4) is 0 Å². The number of amides is 1. The van der Waals surface area contributed by atoms with E-state index in [4.69, 9.17) is 4.98 Å². The maximum Gasteiger partial charge on any atom is 0.220 e. The molecule has 31 heavy (non-hydrogen) atoms. The minimum absolute atomic E-state index is 0.103. The van der Waals surface area contributed by atoms with Gasteiger partial charge in [0.1, 0.15) is 5.82 Å². The molecule has 0 saturated carbocycles. The molecule has 5 heteroatoms. The van der Waals surface area contributed by atoms with Crippen molar-refractivity contribution in [3.63, 3.8) is 0 Å². The molecule has 0 fully saturated rings. The Labute approximate surface area is 191 Å². The van der Waals surface area contributed by atoms with Crippen LogP contribution in [0.5, 0.6) is 0 Å². The van der Waals surface area contributed by atoms with Gasteiger partial charge in [0, 0.05) is 30.4 Å². The predicted molar refractivity (Wildman–Crippen MR) is 129 cm³/mol. The Bertz CT molecular complexity index is 1150. The fourth-order valence-corrected chi connectivity index (χ4v) is 4.22. The highest BCUT2D eigenvalue weighted by molar-refractivity contribution is 9.10. The molecule has 0 aliphatic carbocycles. The number of aryl methyl sites for hydroxylation is 2. The van der Waals surface area contributed by atoms with Crippen LogP contribution < -0.4 is 5.32 Å². The van der Waals surface area contributed by atoms with Crippen LogP contribution >= 0.6 is 15.9 Å². The third-order valence-corrected chi connectivity index (χ3v) is 5.84. The molecule has 0 bridgehead atoms. The molecular weight excluding hydrogens is 450 g/mol. The van der Waals surface area contributed by atoms with Crippen LogP contribution in [-0.2, 0) is 24.2 Å². The van der Waals surface area contributed by atoms with Crippen molar-refractivity contribution in [2.45, 2.75) is 32.2 Å². The SMILES string of the molecule is O=C(CCc1ccccc1)NCCCc1nc2ccccc2n1Cc1cccc(Br)c1. The lowest BCUT2D eigenvalue weighted by Gasteiger charge is -2.10. The van der Waals surface area contributed by atoms with Crippen molar-refractivity contribution < 1.29 is 4.79 Å². The average Bonchev–Trinajstić information content (AvgIpc) is 3.13.